The Morgan fingerprint density at radius 2 is 1.96 bits per heavy atom. The van der Waals surface area contributed by atoms with Crippen LogP contribution in [0.3, 0.4) is 0 Å². The van der Waals surface area contributed by atoms with Crippen molar-refractivity contribution in [2.45, 2.75) is 17.1 Å². The predicted molar refractivity (Wildman–Crippen MR) is 107 cm³/mol. The average molecular weight is 426 g/mol. The molecule has 0 amide bonds. The smallest absolute Gasteiger partial charge is 0.210 e. The molecule has 0 bridgehead atoms. The highest BCUT2D eigenvalue weighted by Crippen LogP contribution is 2.28. The number of aromatic nitrogens is 2. The number of anilines is 2. The molecule has 27 heavy (non-hydrogen) atoms. The number of aliphatic hydroxyl groups is 1. The van der Waals surface area contributed by atoms with Crippen LogP contribution in [0.25, 0.3) is 0 Å². The Bertz CT molecular complexity index is 881. The van der Waals surface area contributed by atoms with E-state index in [0.717, 1.165) is 5.56 Å². The van der Waals surface area contributed by atoms with E-state index in [1.165, 1.54) is 29.2 Å². The molecule has 0 fully saturated rings. The molecule has 3 rings (SSSR count). The summed E-state index contributed by atoms with van der Waals surface area (Å²) >= 11 is 8.72. The van der Waals surface area contributed by atoms with Gasteiger partial charge in [-0.25, -0.2) is 4.39 Å². The molecule has 0 aliphatic heterocycles. The first kappa shape index (κ1) is 20.0. The quantitative estimate of drug-likeness (QED) is 0.482. The average Bonchev–Trinajstić information content (AvgIpc) is 3.11. The van der Waals surface area contributed by atoms with Gasteiger partial charge in [-0.3, -0.25) is 0 Å². The lowest BCUT2D eigenvalue weighted by atomic mass is 10.2. The van der Waals surface area contributed by atoms with Crippen molar-refractivity contribution in [2.24, 2.45) is 0 Å². The van der Waals surface area contributed by atoms with Gasteiger partial charge in [-0.15, -0.1) is 10.2 Å². The molecular formula is C18H17ClFN3O2S2. The van der Waals surface area contributed by atoms with Gasteiger partial charge in [0.2, 0.25) is 5.13 Å². The van der Waals surface area contributed by atoms with E-state index >= 15 is 0 Å². The first-order valence-electron chi connectivity index (χ1n) is 8.09. The highest BCUT2D eigenvalue weighted by molar-refractivity contribution is 8.01. The first-order valence-corrected chi connectivity index (χ1v) is 10.3. The number of halogens is 2. The molecule has 1 heterocycles. The Morgan fingerprint density at radius 3 is 2.78 bits per heavy atom. The monoisotopic (exact) mass is 425 g/mol. The molecule has 1 unspecified atom stereocenters. The number of aliphatic hydroxyl groups excluding tert-OH is 1. The summed E-state index contributed by atoms with van der Waals surface area (Å²) < 4.78 is 19.8. The zero-order valence-corrected chi connectivity index (χ0v) is 16.5. The van der Waals surface area contributed by atoms with Gasteiger partial charge >= 0.3 is 0 Å². The fourth-order valence-corrected chi connectivity index (χ4v) is 4.02. The van der Waals surface area contributed by atoms with Crippen LogP contribution in [0.2, 0.25) is 5.02 Å². The maximum Gasteiger partial charge on any atom is 0.210 e. The summed E-state index contributed by atoms with van der Waals surface area (Å²) in [4.78, 5) is 0. The van der Waals surface area contributed by atoms with Crippen LogP contribution in [0.4, 0.5) is 15.2 Å². The van der Waals surface area contributed by atoms with E-state index < -0.39 is 6.10 Å². The summed E-state index contributed by atoms with van der Waals surface area (Å²) in [5.74, 6) is 0.0598. The Kier molecular flexibility index (Phi) is 7.42. The van der Waals surface area contributed by atoms with Crippen LogP contribution in [-0.2, 0) is 11.3 Å². The van der Waals surface area contributed by atoms with E-state index in [1.54, 1.807) is 24.3 Å². The van der Waals surface area contributed by atoms with Gasteiger partial charge in [0.15, 0.2) is 4.34 Å². The summed E-state index contributed by atoms with van der Waals surface area (Å²) in [6, 6.07) is 13.8. The minimum atomic E-state index is -0.649. The van der Waals surface area contributed by atoms with Crippen LogP contribution < -0.4 is 5.32 Å². The number of rotatable bonds is 9. The van der Waals surface area contributed by atoms with E-state index in [4.69, 9.17) is 16.3 Å². The molecule has 0 radical (unpaired) electrons. The van der Waals surface area contributed by atoms with E-state index in [9.17, 15) is 9.50 Å². The van der Waals surface area contributed by atoms with Crippen molar-refractivity contribution >= 4 is 45.5 Å². The van der Waals surface area contributed by atoms with Gasteiger partial charge in [0.1, 0.15) is 5.82 Å². The van der Waals surface area contributed by atoms with E-state index in [-0.39, 0.29) is 12.4 Å². The third kappa shape index (κ3) is 6.15. The normalized spacial score (nSPS) is 12.1. The zero-order chi connectivity index (χ0) is 19.1. The van der Waals surface area contributed by atoms with Crippen LogP contribution >= 0.6 is 34.7 Å². The Labute approximate surface area is 169 Å². The molecule has 2 N–H and O–H groups in total. The second-order valence-electron chi connectivity index (χ2n) is 5.55. The number of nitrogens with zero attached hydrogens (tertiary/aromatic N) is 2. The Hall–Kier alpha value is -1.71. The molecule has 0 aliphatic carbocycles. The Morgan fingerprint density at radius 1 is 1.19 bits per heavy atom. The van der Waals surface area contributed by atoms with Gasteiger partial charge in [-0.2, -0.15) is 0 Å². The highest BCUT2D eigenvalue weighted by atomic mass is 35.5. The molecule has 5 nitrogen and oxygen atoms in total. The fourth-order valence-electron chi connectivity index (χ4n) is 2.13. The van der Waals surface area contributed by atoms with Crippen molar-refractivity contribution in [3.05, 3.63) is 64.9 Å². The van der Waals surface area contributed by atoms with Crippen LogP contribution in [0, 0.1) is 5.82 Å². The van der Waals surface area contributed by atoms with Crippen LogP contribution in [0.1, 0.15) is 5.56 Å². The molecule has 1 atom stereocenters. The fraction of sp³-hybridized carbons (Fsp3) is 0.222. The molecule has 142 valence electrons. The zero-order valence-electron chi connectivity index (χ0n) is 14.1. The highest BCUT2D eigenvalue weighted by Gasteiger charge is 2.11. The maximum absolute atomic E-state index is 13.6. The summed E-state index contributed by atoms with van der Waals surface area (Å²) in [6.07, 6.45) is -0.649. The molecule has 0 spiro atoms. The van der Waals surface area contributed by atoms with Crippen molar-refractivity contribution in [1.29, 1.82) is 0 Å². The summed E-state index contributed by atoms with van der Waals surface area (Å²) in [5.41, 5.74) is 1.23. The van der Waals surface area contributed by atoms with Crippen molar-refractivity contribution < 1.29 is 14.2 Å². The first-order chi connectivity index (χ1) is 13.1. The van der Waals surface area contributed by atoms with Gasteiger partial charge in [-0.05, 0) is 23.8 Å². The number of benzene rings is 2. The van der Waals surface area contributed by atoms with Crippen molar-refractivity contribution in [2.75, 3.05) is 17.7 Å². The lowest BCUT2D eigenvalue weighted by Gasteiger charge is -2.10. The van der Waals surface area contributed by atoms with E-state index in [1.807, 2.05) is 18.2 Å². The molecule has 1 aromatic heterocycles. The van der Waals surface area contributed by atoms with E-state index in [0.29, 0.717) is 32.5 Å². The van der Waals surface area contributed by atoms with Crippen molar-refractivity contribution in [3.63, 3.8) is 0 Å². The number of ether oxygens (including phenoxy) is 1. The van der Waals surface area contributed by atoms with Crippen molar-refractivity contribution in [3.8, 4) is 0 Å². The van der Waals surface area contributed by atoms with Gasteiger partial charge in [0.05, 0.1) is 25.0 Å². The van der Waals surface area contributed by atoms with Gasteiger partial charge in [0, 0.05) is 10.8 Å². The number of thioether (sulfide) groups is 1. The maximum atomic E-state index is 13.6. The minimum absolute atomic E-state index is 0.192. The van der Waals surface area contributed by atoms with Crippen LogP contribution in [0.15, 0.2) is 52.9 Å². The molecule has 3 aromatic rings. The molecule has 9 heteroatoms. The molecule has 2 aromatic carbocycles. The molecule has 0 aliphatic rings. The van der Waals surface area contributed by atoms with Crippen molar-refractivity contribution in [1.82, 2.24) is 10.2 Å². The molecule has 0 saturated carbocycles. The van der Waals surface area contributed by atoms with Gasteiger partial charge in [-0.1, -0.05) is 65.0 Å². The van der Waals surface area contributed by atoms with E-state index in [2.05, 4.69) is 15.5 Å². The van der Waals surface area contributed by atoms with Crippen LogP contribution in [0.5, 0.6) is 0 Å². The minimum Gasteiger partial charge on any atom is -0.390 e. The summed E-state index contributed by atoms with van der Waals surface area (Å²) in [6.45, 7) is 0.536. The Balaban J connectivity index is 1.41. The van der Waals surface area contributed by atoms with Gasteiger partial charge in [0.25, 0.3) is 0 Å². The predicted octanol–water partition coefficient (Wildman–Crippen LogP) is 4.74. The lowest BCUT2D eigenvalue weighted by Crippen LogP contribution is -2.17. The topological polar surface area (TPSA) is 67.3 Å². The third-order valence-electron chi connectivity index (χ3n) is 3.45. The van der Waals surface area contributed by atoms with Crippen LogP contribution in [-0.4, -0.2) is 33.8 Å². The number of hydrogen-bond acceptors (Lipinski definition) is 7. The second kappa shape index (κ2) is 10.0. The third-order valence-corrected chi connectivity index (χ3v) is 5.93. The number of nitrogens with one attached hydrogen (secondary N) is 1. The molecule has 0 saturated heterocycles. The largest absolute Gasteiger partial charge is 0.390 e. The standard InChI is InChI=1S/C18H17ClFN3O2S2/c19-14-6-2-1-5-12(14)9-25-10-13(24)11-26-18-23-22-17(27-18)21-16-8-4-3-7-15(16)20/h1-8,13,24H,9-11H2,(H,21,22). The second-order valence-corrected chi connectivity index (χ2v) is 8.20. The number of hydrogen-bond donors (Lipinski definition) is 2. The lowest BCUT2D eigenvalue weighted by molar-refractivity contribution is 0.0398. The summed E-state index contributed by atoms with van der Waals surface area (Å²) in [7, 11) is 0. The summed E-state index contributed by atoms with van der Waals surface area (Å²) in [5, 5.41) is 22.1. The number of para-hydroxylation sites is 1. The molecular weight excluding hydrogens is 409 g/mol. The SMILES string of the molecule is OC(COCc1ccccc1Cl)CSc1nnc(Nc2ccccc2F)s1. The van der Waals surface area contributed by atoms with Gasteiger partial charge < -0.3 is 15.2 Å².